The van der Waals surface area contributed by atoms with E-state index in [4.69, 9.17) is 23.2 Å². The second-order valence-corrected chi connectivity index (χ2v) is 5.52. The van der Waals surface area contributed by atoms with Crippen molar-refractivity contribution in [1.29, 1.82) is 0 Å². The maximum Gasteiger partial charge on any atom is 0.253 e. The third-order valence-electron chi connectivity index (χ3n) is 3.32. The highest BCUT2D eigenvalue weighted by Crippen LogP contribution is 2.21. The molecule has 18 heavy (non-hydrogen) atoms. The molecule has 2 N–H and O–H groups in total. The largest absolute Gasteiger partial charge is 0.348 e. The molecular weight excluding hydrogens is 271 g/mol. The van der Waals surface area contributed by atoms with Gasteiger partial charge in [-0.15, -0.1) is 0 Å². The average molecular weight is 287 g/mol. The molecule has 98 valence electrons. The van der Waals surface area contributed by atoms with Gasteiger partial charge in [-0.05, 0) is 37.1 Å². The van der Waals surface area contributed by atoms with Gasteiger partial charge in [-0.3, -0.25) is 4.79 Å². The molecule has 0 radical (unpaired) electrons. The first kappa shape index (κ1) is 13.7. The van der Waals surface area contributed by atoms with Gasteiger partial charge in [0.1, 0.15) is 0 Å². The zero-order valence-electron chi connectivity index (χ0n) is 10.2. The zero-order chi connectivity index (χ0) is 13.1. The minimum absolute atomic E-state index is 0.141. The van der Waals surface area contributed by atoms with Gasteiger partial charge in [-0.1, -0.05) is 30.1 Å². The lowest BCUT2D eigenvalue weighted by molar-refractivity contribution is 0.0915. The number of carbonyl (C=O) groups is 1. The van der Waals surface area contributed by atoms with E-state index in [2.05, 4.69) is 17.6 Å². The highest BCUT2D eigenvalue weighted by Gasteiger charge is 2.23. The summed E-state index contributed by atoms with van der Waals surface area (Å²) in [5, 5.41) is 7.21. The van der Waals surface area contributed by atoms with Crippen molar-refractivity contribution in [2.45, 2.75) is 19.4 Å². The van der Waals surface area contributed by atoms with E-state index >= 15 is 0 Å². The zero-order valence-corrected chi connectivity index (χ0v) is 11.7. The molecule has 2 rings (SSSR count). The van der Waals surface area contributed by atoms with Crippen LogP contribution in [0.4, 0.5) is 0 Å². The standard InChI is InChI=1S/C13H16Cl2N2O/c1-8-4-5-16-7-12(8)17-13(18)10-3-2-9(14)6-11(10)15/h2-3,6,8,12,16H,4-5,7H2,1H3,(H,17,18). The predicted octanol–water partition coefficient (Wildman–Crippen LogP) is 2.72. The molecule has 1 saturated heterocycles. The smallest absolute Gasteiger partial charge is 0.253 e. The topological polar surface area (TPSA) is 41.1 Å². The second kappa shape index (κ2) is 5.91. The molecule has 2 atom stereocenters. The number of hydrogen-bond donors (Lipinski definition) is 2. The van der Waals surface area contributed by atoms with E-state index in [9.17, 15) is 4.79 Å². The van der Waals surface area contributed by atoms with Crippen LogP contribution in [-0.2, 0) is 0 Å². The van der Waals surface area contributed by atoms with Crippen LogP contribution in [0.15, 0.2) is 18.2 Å². The van der Waals surface area contributed by atoms with Crippen molar-refractivity contribution in [2.24, 2.45) is 5.92 Å². The molecule has 1 aliphatic rings. The van der Waals surface area contributed by atoms with Gasteiger partial charge in [0.05, 0.1) is 10.6 Å². The van der Waals surface area contributed by atoms with Crippen LogP contribution < -0.4 is 10.6 Å². The van der Waals surface area contributed by atoms with Gasteiger partial charge in [0.2, 0.25) is 0 Å². The fourth-order valence-electron chi connectivity index (χ4n) is 2.10. The minimum Gasteiger partial charge on any atom is -0.348 e. The number of halogens is 2. The third-order valence-corrected chi connectivity index (χ3v) is 3.87. The van der Waals surface area contributed by atoms with Crippen LogP contribution in [0, 0.1) is 5.92 Å². The van der Waals surface area contributed by atoms with Crippen molar-refractivity contribution < 1.29 is 4.79 Å². The fourth-order valence-corrected chi connectivity index (χ4v) is 2.60. The van der Waals surface area contributed by atoms with Gasteiger partial charge in [0.25, 0.3) is 5.91 Å². The SMILES string of the molecule is CC1CCNCC1NC(=O)c1ccc(Cl)cc1Cl. The lowest BCUT2D eigenvalue weighted by Crippen LogP contribution is -2.50. The Morgan fingerprint density at radius 1 is 1.44 bits per heavy atom. The molecule has 0 bridgehead atoms. The van der Waals surface area contributed by atoms with Crippen LogP contribution in [0.25, 0.3) is 0 Å². The van der Waals surface area contributed by atoms with Crippen LogP contribution in [-0.4, -0.2) is 25.0 Å². The van der Waals surface area contributed by atoms with Crippen molar-refractivity contribution in [3.63, 3.8) is 0 Å². The van der Waals surface area contributed by atoms with Crippen LogP contribution in [0.2, 0.25) is 10.0 Å². The summed E-state index contributed by atoms with van der Waals surface area (Å²) in [5.41, 5.74) is 0.471. The lowest BCUT2D eigenvalue weighted by Gasteiger charge is -2.30. The Labute approximate surface area is 117 Å². The van der Waals surface area contributed by atoms with E-state index in [1.807, 2.05) is 0 Å². The summed E-state index contributed by atoms with van der Waals surface area (Å²) < 4.78 is 0. The van der Waals surface area contributed by atoms with Gasteiger partial charge in [-0.2, -0.15) is 0 Å². The van der Waals surface area contributed by atoms with Crippen LogP contribution >= 0.6 is 23.2 Å². The summed E-state index contributed by atoms with van der Waals surface area (Å²) in [4.78, 5) is 12.1. The Morgan fingerprint density at radius 3 is 2.89 bits per heavy atom. The lowest BCUT2D eigenvalue weighted by atomic mass is 9.94. The minimum atomic E-state index is -0.141. The van der Waals surface area contributed by atoms with Crippen molar-refractivity contribution in [1.82, 2.24) is 10.6 Å². The molecule has 0 aromatic heterocycles. The van der Waals surface area contributed by atoms with Crippen molar-refractivity contribution in [3.05, 3.63) is 33.8 Å². The average Bonchev–Trinajstić information content (AvgIpc) is 2.32. The Kier molecular flexibility index (Phi) is 4.49. The molecule has 3 nitrogen and oxygen atoms in total. The highest BCUT2D eigenvalue weighted by molar-refractivity contribution is 6.36. The number of benzene rings is 1. The number of carbonyl (C=O) groups excluding carboxylic acids is 1. The first-order valence-corrected chi connectivity index (χ1v) is 6.80. The normalized spacial score (nSPS) is 23.7. The van der Waals surface area contributed by atoms with Crippen LogP contribution in [0.5, 0.6) is 0 Å². The van der Waals surface area contributed by atoms with Gasteiger partial charge in [0.15, 0.2) is 0 Å². The van der Waals surface area contributed by atoms with Gasteiger partial charge in [0, 0.05) is 17.6 Å². The molecule has 1 aliphatic heterocycles. The maximum absolute atomic E-state index is 12.1. The number of amides is 1. The van der Waals surface area contributed by atoms with Crippen molar-refractivity contribution in [3.8, 4) is 0 Å². The fraction of sp³-hybridized carbons (Fsp3) is 0.462. The summed E-state index contributed by atoms with van der Waals surface area (Å²) in [5.74, 6) is 0.332. The van der Waals surface area contributed by atoms with Crippen molar-refractivity contribution in [2.75, 3.05) is 13.1 Å². The summed E-state index contributed by atoms with van der Waals surface area (Å²) in [7, 11) is 0. The number of hydrogen-bond acceptors (Lipinski definition) is 2. The summed E-state index contributed by atoms with van der Waals surface area (Å²) >= 11 is 11.8. The molecule has 1 heterocycles. The summed E-state index contributed by atoms with van der Waals surface area (Å²) in [6, 6.07) is 5.06. The Bertz CT molecular complexity index is 451. The Balaban J connectivity index is 2.07. The molecule has 1 amide bonds. The van der Waals surface area contributed by atoms with Gasteiger partial charge < -0.3 is 10.6 Å². The van der Waals surface area contributed by atoms with E-state index in [1.165, 1.54) is 0 Å². The highest BCUT2D eigenvalue weighted by atomic mass is 35.5. The molecule has 0 saturated carbocycles. The van der Waals surface area contributed by atoms with E-state index in [-0.39, 0.29) is 11.9 Å². The number of nitrogens with one attached hydrogen (secondary N) is 2. The summed E-state index contributed by atoms with van der Waals surface area (Å²) in [6.07, 6.45) is 1.07. The molecule has 5 heteroatoms. The van der Waals surface area contributed by atoms with E-state index in [0.29, 0.717) is 21.5 Å². The number of rotatable bonds is 2. The first-order chi connectivity index (χ1) is 8.58. The molecule has 1 aromatic carbocycles. The quantitative estimate of drug-likeness (QED) is 0.878. The van der Waals surface area contributed by atoms with Crippen LogP contribution in [0.3, 0.4) is 0 Å². The maximum atomic E-state index is 12.1. The van der Waals surface area contributed by atoms with Gasteiger partial charge in [-0.25, -0.2) is 0 Å². The van der Waals surface area contributed by atoms with E-state index in [0.717, 1.165) is 19.5 Å². The molecular formula is C13H16Cl2N2O. The summed E-state index contributed by atoms with van der Waals surface area (Å²) in [6.45, 7) is 3.96. The van der Waals surface area contributed by atoms with Crippen molar-refractivity contribution >= 4 is 29.1 Å². The predicted molar refractivity (Wildman–Crippen MR) is 74.4 cm³/mol. The first-order valence-electron chi connectivity index (χ1n) is 6.04. The van der Waals surface area contributed by atoms with Crippen LogP contribution in [0.1, 0.15) is 23.7 Å². The van der Waals surface area contributed by atoms with E-state index in [1.54, 1.807) is 18.2 Å². The van der Waals surface area contributed by atoms with E-state index < -0.39 is 0 Å². The molecule has 0 aliphatic carbocycles. The molecule has 2 unspecified atom stereocenters. The molecule has 0 spiro atoms. The second-order valence-electron chi connectivity index (χ2n) is 4.67. The Hall–Kier alpha value is -0.770. The Morgan fingerprint density at radius 2 is 2.22 bits per heavy atom. The molecule has 1 aromatic rings. The van der Waals surface area contributed by atoms with Gasteiger partial charge >= 0.3 is 0 Å². The molecule has 1 fully saturated rings. The third kappa shape index (κ3) is 3.16. The number of piperidine rings is 1. The monoisotopic (exact) mass is 286 g/mol.